The summed E-state index contributed by atoms with van der Waals surface area (Å²) in [4.78, 5) is 22.9. The second-order valence-corrected chi connectivity index (χ2v) is 11.2. The number of halogens is 1. The van der Waals surface area contributed by atoms with Gasteiger partial charge in [0.1, 0.15) is 11.5 Å². The number of fused-ring (bicyclic) bond motifs is 1. The number of carbonyl (C=O) groups excluding carboxylic acids is 1. The molecule has 38 heavy (non-hydrogen) atoms. The molecule has 0 bridgehead atoms. The number of hydrogen-bond acceptors (Lipinski definition) is 6. The highest BCUT2D eigenvalue weighted by Gasteiger charge is 2.35. The third-order valence-electron chi connectivity index (χ3n) is 6.78. The van der Waals surface area contributed by atoms with Gasteiger partial charge in [-0.1, -0.05) is 17.7 Å². The highest BCUT2D eigenvalue weighted by Crippen LogP contribution is 2.43. The lowest BCUT2D eigenvalue weighted by atomic mass is 9.88. The predicted octanol–water partition coefficient (Wildman–Crippen LogP) is 7.77. The van der Waals surface area contributed by atoms with Crippen molar-refractivity contribution in [1.82, 2.24) is 4.90 Å². The van der Waals surface area contributed by atoms with Gasteiger partial charge in [-0.25, -0.2) is 4.99 Å². The Kier molecular flexibility index (Phi) is 7.16. The number of allylic oxidation sites excluding steroid dienone is 1. The number of amidine groups is 1. The third kappa shape index (κ3) is 5.00. The molecule has 3 aromatic rings. The van der Waals surface area contributed by atoms with Crippen LogP contribution in [0.15, 0.2) is 75.2 Å². The molecular weight excluding hydrogens is 518 g/mol. The van der Waals surface area contributed by atoms with Gasteiger partial charge in [0.05, 0.1) is 36.0 Å². The van der Waals surface area contributed by atoms with Gasteiger partial charge in [0, 0.05) is 22.8 Å². The Balaban J connectivity index is 1.53. The number of thioether (sulfide) groups is 1. The molecule has 1 amide bonds. The molecule has 8 heteroatoms. The Morgan fingerprint density at radius 3 is 2.61 bits per heavy atom. The normalized spacial score (nSPS) is 18.8. The number of nitrogens with zero attached hydrogens (tertiary/aromatic N) is 3. The molecule has 2 aliphatic rings. The van der Waals surface area contributed by atoms with Gasteiger partial charge in [0.25, 0.3) is 5.91 Å². The molecule has 1 saturated heterocycles. The van der Waals surface area contributed by atoms with E-state index in [2.05, 4.69) is 44.7 Å². The standard InChI is InChI=1S/C30H30ClN3O3S/c1-6-34-26-16-25(31)20(14-24(26)19(2)17-30(34,3)4)15-27-28(35)33(18-23-8-7-13-37-23)29(38-27)32-21-9-11-22(36-5)12-10-21/h7-17H,6,18H2,1-5H3/b27-15+,32-29?. The Labute approximate surface area is 232 Å². The molecule has 5 rings (SSSR count). The second kappa shape index (κ2) is 10.4. The van der Waals surface area contributed by atoms with Crippen LogP contribution < -0.4 is 9.64 Å². The number of aliphatic imine (C=N–C) groups is 1. The molecular formula is C30H30ClN3O3S. The van der Waals surface area contributed by atoms with Crippen LogP contribution in [0.3, 0.4) is 0 Å². The fraction of sp³-hybridized carbons (Fsp3) is 0.267. The van der Waals surface area contributed by atoms with Crippen LogP contribution in [0.5, 0.6) is 5.75 Å². The molecule has 2 aliphatic heterocycles. The number of hydrogen-bond donors (Lipinski definition) is 0. The van der Waals surface area contributed by atoms with Crippen molar-refractivity contribution in [2.75, 3.05) is 18.6 Å². The third-order valence-corrected chi connectivity index (χ3v) is 8.11. The molecule has 0 radical (unpaired) electrons. The fourth-order valence-corrected chi connectivity index (χ4v) is 6.20. The van der Waals surface area contributed by atoms with Gasteiger partial charge in [0.2, 0.25) is 0 Å². The number of ether oxygens (including phenoxy) is 1. The van der Waals surface area contributed by atoms with Gasteiger partial charge in [-0.3, -0.25) is 9.69 Å². The molecule has 0 saturated carbocycles. The summed E-state index contributed by atoms with van der Waals surface area (Å²) in [6, 6.07) is 15.2. The molecule has 0 spiro atoms. The number of amides is 1. The Hall–Kier alpha value is -3.42. The maximum absolute atomic E-state index is 13.6. The predicted molar refractivity (Wildman–Crippen MR) is 157 cm³/mol. The van der Waals surface area contributed by atoms with Crippen LogP contribution in [-0.2, 0) is 11.3 Å². The van der Waals surface area contributed by atoms with Gasteiger partial charge < -0.3 is 14.1 Å². The summed E-state index contributed by atoms with van der Waals surface area (Å²) in [6.45, 7) is 9.83. The molecule has 0 atom stereocenters. The van der Waals surface area contributed by atoms with E-state index >= 15 is 0 Å². The molecule has 6 nitrogen and oxygen atoms in total. The summed E-state index contributed by atoms with van der Waals surface area (Å²) in [5, 5.41) is 1.18. The quantitative estimate of drug-likeness (QED) is 0.295. The first-order valence-electron chi connectivity index (χ1n) is 12.5. The Morgan fingerprint density at radius 2 is 1.95 bits per heavy atom. The van der Waals surface area contributed by atoms with Crippen molar-refractivity contribution in [3.63, 3.8) is 0 Å². The first-order chi connectivity index (χ1) is 18.2. The van der Waals surface area contributed by atoms with E-state index in [0.29, 0.717) is 20.9 Å². The number of rotatable bonds is 6. The maximum atomic E-state index is 13.6. The van der Waals surface area contributed by atoms with E-state index in [1.165, 1.54) is 17.3 Å². The van der Waals surface area contributed by atoms with Crippen LogP contribution in [0, 0.1) is 0 Å². The van der Waals surface area contributed by atoms with Crippen LogP contribution in [-0.4, -0.2) is 35.2 Å². The van der Waals surface area contributed by atoms with Crippen molar-refractivity contribution in [1.29, 1.82) is 0 Å². The lowest BCUT2D eigenvalue weighted by Gasteiger charge is -2.43. The van der Waals surface area contributed by atoms with Crippen molar-refractivity contribution >= 4 is 57.5 Å². The molecule has 196 valence electrons. The molecule has 2 aromatic carbocycles. The van der Waals surface area contributed by atoms with Gasteiger partial charge in [-0.05, 0) is 105 Å². The number of benzene rings is 2. The zero-order valence-corrected chi connectivity index (χ0v) is 23.7. The van der Waals surface area contributed by atoms with Crippen molar-refractivity contribution in [2.24, 2.45) is 4.99 Å². The monoisotopic (exact) mass is 547 g/mol. The molecule has 0 unspecified atom stereocenters. The van der Waals surface area contributed by atoms with Gasteiger partial charge in [-0.2, -0.15) is 0 Å². The van der Waals surface area contributed by atoms with Crippen molar-refractivity contribution in [2.45, 2.75) is 39.8 Å². The van der Waals surface area contributed by atoms with E-state index in [1.807, 2.05) is 48.5 Å². The van der Waals surface area contributed by atoms with E-state index in [0.717, 1.165) is 34.8 Å². The van der Waals surface area contributed by atoms with Gasteiger partial charge in [0.15, 0.2) is 5.17 Å². The topological polar surface area (TPSA) is 58.3 Å². The minimum Gasteiger partial charge on any atom is -0.497 e. The highest BCUT2D eigenvalue weighted by molar-refractivity contribution is 8.18. The fourth-order valence-electron chi connectivity index (χ4n) is 5.00. The van der Waals surface area contributed by atoms with Crippen molar-refractivity contribution in [3.05, 3.63) is 87.7 Å². The summed E-state index contributed by atoms with van der Waals surface area (Å²) in [6.07, 6.45) is 5.75. The van der Waals surface area contributed by atoms with Crippen molar-refractivity contribution in [3.8, 4) is 5.75 Å². The van der Waals surface area contributed by atoms with E-state index in [9.17, 15) is 4.79 Å². The van der Waals surface area contributed by atoms with E-state index in [1.54, 1.807) is 18.3 Å². The highest BCUT2D eigenvalue weighted by atomic mass is 35.5. The van der Waals surface area contributed by atoms with Crippen LogP contribution in [0.1, 0.15) is 44.6 Å². The lowest BCUT2D eigenvalue weighted by Crippen LogP contribution is -2.44. The van der Waals surface area contributed by atoms with Gasteiger partial charge >= 0.3 is 0 Å². The molecule has 1 aromatic heterocycles. The Bertz CT molecular complexity index is 1460. The number of likely N-dealkylation sites (N-methyl/N-ethyl adjacent to an activating group) is 1. The largest absolute Gasteiger partial charge is 0.497 e. The second-order valence-electron chi connectivity index (χ2n) is 9.79. The first-order valence-corrected chi connectivity index (χ1v) is 13.7. The van der Waals surface area contributed by atoms with Crippen LogP contribution in [0.25, 0.3) is 11.6 Å². The van der Waals surface area contributed by atoms with Crippen LogP contribution in [0.2, 0.25) is 5.02 Å². The first kappa shape index (κ1) is 26.2. The maximum Gasteiger partial charge on any atom is 0.267 e. The molecule has 3 heterocycles. The molecule has 1 fully saturated rings. The molecule has 0 N–H and O–H groups in total. The summed E-state index contributed by atoms with van der Waals surface area (Å²) < 4.78 is 10.8. The Morgan fingerprint density at radius 1 is 1.18 bits per heavy atom. The number of anilines is 1. The van der Waals surface area contributed by atoms with Crippen molar-refractivity contribution < 1.29 is 13.9 Å². The van der Waals surface area contributed by atoms with E-state index < -0.39 is 0 Å². The van der Waals surface area contributed by atoms with Gasteiger partial charge in [-0.15, -0.1) is 0 Å². The van der Waals surface area contributed by atoms with Crippen LogP contribution in [0.4, 0.5) is 11.4 Å². The number of carbonyl (C=O) groups is 1. The summed E-state index contributed by atoms with van der Waals surface area (Å²) >= 11 is 8.15. The van der Waals surface area contributed by atoms with E-state index in [4.69, 9.17) is 25.7 Å². The van der Waals surface area contributed by atoms with Crippen LogP contribution >= 0.6 is 23.4 Å². The number of furan rings is 1. The summed E-state index contributed by atoms with van der Waals surface area (Å²) in [5.41, 5.74) is 4.84. The SMILES string of the molecule is CCN1c2cc(Cl)c(/C=C3/SC(=Nc4ccc(OC)cc4)N(Cc4ccco4)C3=O)cc2C(C)=CC1(C)C. The average Bonchev–Trinajstić information content (AvgIpc) is 3.49. The van der Waals surface area contributed by atoms with E-state index in [-0.39, 0.29) is 18.0 Å². The summed E-state index contributed by atoms with van der Waals surface area (Å²) in [7, 11) is 1.62. The summed E-state index contributed by atoms with van der Waals surface area (Å²) in [5.74, 6) is 1.28. The number of methoxy groups -OCH3 is 1. The average molecular weight is 548 g/mol. The minimum absolute atomic E-state index is 0.106. The minimum atomic E-state index is -0.143. The molecule has 0 aliphatic carbocycles. The lowest BCUT2D eigenvalue weighted by molar-refractivity contribution is -0.122. The smallest absolute Gasteiger partial charge is 0.267 e. The zero-order valence-electron chi connectivity index (χ0n) is 22.1. The zero-order chi connectivity index (χ0) is 27.0.